The van der Waals surface area contributed by atoms with Crippen LogP contribution >= 0.6 is 0 Å². The molecule has 0 aliphatic heterocycles. The van der Waals surface area contributed by atoms with Gasteiger partial charge in [-0.1, -0.05) is 0 Å². The summed E-state index contributed by atoms with van der Waals surface area (Å²) in [6.45, 7) is 0. The molecule has 0 bridgehead atoms. The van der Waals surface area contributed by atoms with E-state index in [-0.39, 0.29) is 31.0 Å². The predicted octanol–water partition coefficient (Wildman–Crippen LogP) is -3.03. The minimum absolute atomic E-state index is 0. The Morgan fingerprint density at radius 2 is 2.20 bits per heavy atom. The second kappa shape index (κ2) is 6.26. The maximum Gasteiger partial charge on any atom is 1.00 e. The van der Waals surface area contributed by atoms with Crippen molar-refractivity contribution in [3.05, 3.63) is 12.3 Å². The number of aldehydes is 1. The first-order chi connectivity index (χ1) is 4.06. The molecule has 0 saturated carbocycles. The Bertz CT molecular complexity index is 211. The molecule has 54 valence electrons. The van der Waals surface area contributed by atoms with Gasteiger partial charge in [0, 0.05) is 6.08 Å². The van der Waals surface area contributed by atoms with Crippen LogP contribution in [0.4, 0.5) is 0 Å². The molecule has 4 nitrogen and oxygen atoms in total. The average Bonchev–Trinajstić information content (AvgIpc) is 1.63. The molecule has 0 fully saturated rings. The van der Waals surface area contributed by atoms with E-state index in [2.05, 4.69) is 15.4 Å². The molecule has 0 saturated heterocycles. The van der Waals surface area contributed by atoms with Crippen LogP contribution in [0.5, 0.6) is 0 Å². The SMILES string of the molecule is O=CC=COS(=O)(O)=S.[H-].[Na+]. The van der Waals surface area contributed by atoms with E-state index < -0.39 is 9.05 Å². The van der Waals surface area contributed by atoms with Gasteiger partial charge >= 0.3 is 38.6 Å². The number of carbonyl (C=O) groups excluding carboxylic acids is 1. The maximum absolute atomic E-state index is 10.0. The maximum atomic E-state index is 10.0. The zero-order chi connectivity index (χ0) is 7.33. The van der Waals surface area contributed by atoms with Crippen molar-refractivity contribution in [3.63, 3.8) is 0 Å². The van der Waals surface area contributed by atoms with Crippen LogP contribution < -0.4 is 29.6 Å². The molecule has 0 aliphatic rings. The van der Waals surface area contributed by atoms with E-state index in [9.17, 15) is 9.00 Å². The Balaban J connectivity index is -0.000000320. The van der Waals surface area contributed by atoms with Crippen LogP contribution in [0.1, 0.15) is 1.43 Å². The standard InChI is InChI=1S/C3H4O4S2.Na.H/c4-2-1-3-7-9(5,6)8;;/h1-3H,(H,5,6,8);;/q;+1;-1. The van der Waals surface area contributed by atoms with Gasteiger partial charge < -0.3 is 5.61 Å². The van der Waals surface area contributed by atoms with Gasteiger partial charge in [0.25, 0.3) is 0 Å². The van der Waals surface area contributed by atoms with E-state index in [0.717, 1.165) is 12.3 Å². The Morgan fingerprint density at radius 1 is 1.70 bits per heavy atom. The van der Waals surface area contributed by atoms with Crippen molar-refractivity contribution < 1.29 is 48.7 Å². The minimum atomic E-state index is -3.61. The minimum Gasteiger partial charge on any atom is -1.00 e. The molecule has 0 radical (unpaired) electrons. The van der Waals surface area contributed by atoms with E-state index in [0.29, 0.717) is 6.29 Å². The summed E-state index contributed by atoms with van der Waals surface area (Å²) in [6.07, 6.45) is 2.09. The molecule has 10 heavy (non-hydrogen) atoms. The Kier molecular flexibility index (Phi) is 8.24. The molecule has 0 heterocycles. The van der Waals surface area contributed by atoms with Crippen LogP contribution in [0, 0.1) is 0 Å². The summed E-state index contributed by atoms with van der Waals surface area (Å²) in [5.41, 5.74) is 0. The molecular formula is C3H5NaO4S2. The fourth-order valence-corrected chi connectivity index (χ4v) is 0.475. The van der Waals surface area contributed by atoms with Gasteiger partial charge in [0.15, 0.2) is 0 Å². The molecular weight excluding hydrogens is 187 g/mol. The zero-order valence-electron chi connectivity index (χ0n) is 6.22. The van der Waals surface area contributed by atoms with Crippen LogP contribution in [-0.2, 0) is 29.2 Å². The Morgan fingerprint density at radius 3 is 2.50 bits per heavy atom. The Hall–Kier alpha value is 0.540. The zero-order valence-corrected chi connectivity index (χ0v) is 8.85. The van der Waals surface area contributed by atoms with Gasteiger partial charge in [0.05, 0.1) is 11.2 Å². The quantitative estimate of drug-likeness (QED) is 0.223. The average molecular weight is 192 g/mol. The van der Waals surface area contributed by atoms with Crippen LogP contribution in [0.15, 0.2) is 12.3 Å². The van der Waals surface area contributed by atoms with E-state index >= 15 is 0 Å². The normalized spacial score (nSPS) is 15.3. The van der Waals surface area contributed by atoms with Gasteiger partial charge in [0.1, 0.15) is 12.5 Å². The molecule has 7 heteroatoms. The third-order valence-electron chi connectivity index (χ3n) is 0.334. The first-order valence-electron chi connectivity index (χ1n) is 1.82. The number of carbonyl (C=O) groups is 1. The van der Waals surface area contributed by atoms with Crippen LogP contribution in [0.25, 0.3) is 0 Å². The third kappa shape index (κ3) is 11.4. The second-order valence-corrected chi connectivity index (χ2v) is 3.30. The third-order valence-corrected chi connectivity index (χ3v) is 0.924. The van der Waals surface area contributed by atoms with Crippen LogP contribution in [0.2, 0.25) is 0 Å². The molecule has 0 spiro atoms. The van der Waals surface area contributed by atoms with E-state index in [1.54, 1.807) is 0 Å². The number of allylic oxidation sites excluding steroid dienone is 1. The monoisotopic (exact) mass is 192 g/mol. The first-order valence-corrected chi connectivity index (χ1v) is 4.19. The molecule has 0 aromatic heterocycles. The molecule has 0 rings (SSSR count). The largest absolute Gasteiger partial charge is 1.00 e. The van der Waals surface area contributed by atoms with E-state index in [4.69, 9.17) is 4.55 Å². The van der Waals surface area contributed by atoms with Crippen LogP contribution in [0.3, 0.4) is 0 Å². The van der Waals surface area contributed by atoms with Gasteiger partial charge in [-0.05, 0) is 0 Å². The van der Waals surface area contributed by atoms with Gasteiger partial charge in [0.2, 0.25) is 0 Å². The number of rotatable bonds is 3. The summed E-state index contributed by atoms with van der Waals surface area (Å²) in [7, 11) is -3.61. The molecule has 1 atom stereocenters. The van der Waals surface area contributed by atoms with Gasteiger partial charge in [-0.3, -0.25) is 9.35 Å². The Labute approximate surface area is 87.1 Å². The topological polar surface area (TPSA) is 63.6 Å². The molecule has 1 N–H and O–H groups in total. The van der Waals surface area contributed by atoms with Crippen molar-refractivity contribution in [1.29, 1.82) is 0 Å². The molecule has 1 unspecified atom stereocenters. The van der Waals surface area contributed by atoms with Crippen molar-refractivity contribution in [2.24, 2.45) is 0 Å². The fourth-order valence-electron chi connectivity index (χ4n) is 0.134. The number of hydrogen-bond donors (Lipinski definition) is 1. The summed E-state index contributed by atoms with van der Waals surface area (Å²) >= 11 is 3.89. The molecule has 0 aromatic carbocycles. The van der Waals surface area contributed by atoms with E-state index in [1.165, 1.54) is 0 Å². The summed E-state index contributed by atoms with van der Waals surface area (Å²) in [5.74, 6) is 0. The summed E-state index contributed by atoms with van der Waals surface area (Å²) in [5, 5.41) is 0. The van der Waals surface area contributed by atoms with Crippen molar-refractivity contribution >= 4 is 26.5 Å². The first kappa shape index (κ1) is 13.2. The van der Waals surface area contributed by atoms with Crippen molar-refractivity contribution in [2.45, 2.75) is 0 Å². The molecule has 0 amide bonds. The fraction of sp³-hybridized carbons (Fsp3) is 0. The van der Waals surface area contributed by atoms with Gasteiger partial charge in [-0.25, -0.2) is 0 Å². The van der Waals surface area contributed by atoms with Crippen molar-refractivity contribution in [2.75, 3.05) is 0 Å². The number of hydrogen-bond acceptors (Lipinski definition) is 4. The molecule has 0 aliphatic carbocycles. The molecule has 0 aromatic rings. The summed E-state index contributed by atoms with van der Waals surface area (Å²) in [6, 6.07) is 0. The van der Waals surface area contributed by atoms with E-state index in [1.807, 2.05) is 0 Å². The predicted molar refractivity (Wildman–Crippen MR) is 35.5 cm³/mol. The van der Waals surface area contributed by atoms with Crippen LogP contribution in [-0.4, -0.2) is 15.0 Å². The summed E-state index contributed by atoms with van der Waals surface area (Å²) in [4.78, 5) is 9.52. The van der Waals surface area contributed by atoms with Gasteiger partial charge in [-0.2, -0.15) is 4.21 Å². The van der Waals surface area contributed by atoms with Gasteiger partial charge in [-0.15, -0.1) is 0 Å². The summed E-state index contributed by atoms with van der Waals surface area (Å²) < 4.78 is 22.2. The van der Waals surface area contributed by atoms with Crippen molar-refractivity contribution in [1.82, 2.24) is 0 Å². The second-order valence-electron chi connectivity index (χ2n) is 0.989. The van der Waals surface area contributed by atoms with Crippen molar-refractivity contribution in [3.8, 4) is 0 Å². The smallest absolute Gasteiger partial charge is 1.00 e.